The van der Waals surface area contributed by atoms with Crippen molar-refractivity contribution < 1.29 is 14.7 Å². The maximum Gasteiger partial charge on any atom is 0.305 e. The molecule has 104 valence electrons. The first-order chi connectivity index (χ1) is 8.81. The van der Waals surface area contributed by atoms with E-state index < -0.39 is 12.0 Å². The minimum absolute atomic E-state index is 0.0382. The predicted octanol–water partition coefficient (Wildman–Crippen LogP) is 1.32. The summed E-state index contributed by atoms with van der Waals surface area (Å²) in [6.07, 6.45) is -0.0973. The lowest BCUT2D eigenvalue weighted by atomic mass is 10.0. The smallest absolute Gasteiger partial charge is 0.305 e. The molecule has 0 aromatic carbocycles. The number of carbonyl (C=O) groups excluding carboxylic acids is 1. The summed E-state index contributed by atoms with van der Waals surface area (Å²) >= 11 is 0. The average Bonchev–Trinajstić information content (AvgIpc) is 2.30. The van der Waals surface area contributed by atoms with Gasteiger partial charge in [0.05, 0.1) is 23.4 Å². The molecular weight excluding hydrogens is 246 g/mol. The molecule has 6 nitrogen and oxygen atoms in total. The molecule has 1 heterocycles. The van der Waals surface area contributed by atoms with E-state index in [1.54, 1.807) is 19.9 Å². The number of nitrogens with one attached hydrogen (secondary N) is 1. The highest BCUT2D eigenvalue weighted by atomic mass is 16.4. The Morgan fingerprint density at radius 1 is 1.32 bits per heavy atom. The van der Waals surface area contributed by atoms with E-state index in [2.05, 4.69) is 15.5 Å². The Hall–Kier alpha value is -1.98. The molecule has 19 heavy (non-hydrogen) atoms. The van der Waals surface area contributed by atoms with E-state index in [9.17, 15) is 9.59 Å². The summed E-state index contributed by atoms with van der Waals surface area (Å²) in [4.78, 5) is 22.9. The van der Waals surface area contributed by atoms with Gasteiger partial charge in [0, 0.05) is 6.04 Å². The normalized spacial score (nSPS) is 12.3. The zero-order valence-electron chi connectivity index (χ0n) is 11.6. The standard InChI is InChI=1S/C13H19N3O3/c1-7(2)11(6-12(17)18)14-13(19)10-5-8(3)15-16-9(10)4/h5,7,11H,6H2,1-4H3,(H,14,19)(H,17,18). The third-order valence-corrected chi connectivity index (χ3v) is 2.86. The lowest BCUT2D eigenvalue weighted by Gasteiger charge is -2.21. The molecule has 0 saturated carbocycles. The van der Waals surface area contributed by atoms with Crippen molar-refractivity contribution in [1.29, 1.82) is 0 Å². The Bertz CT molecular complexity index is 486. The van der Waals surface area contributed by atoms with E-state index in [1.807, 2.05) is 13.8 Å². The molecule has 1 atom stereocenters. The number of amides is 1. The summed E-state index contributed by atoms with van der Waals surface area (Å²) < 4.78 is 0. The van der Waals surface area contributed by atoms with Crippen LogP contribution in [0.2, 0.25) is 0 Å². The zero-order chi connectivity index (χ0) is 14.6. The minimum atomic E-state index is -0.931. The zero-order valence-corrected chi connectivity index (χ0v) is 11.6. The van der Waals surface area contributed by atoms with Crippen molar-refractivity contribution in [3.8, 4) is 0 Å². The van der Waals surface area contributed by atoms with Crippen molar-refractivity contribution in [2.75, 3.05) is 0 Å². The predicted molar refractivity (Wildman–Crippen MR) is 69.9 cm³/mol. The largest absolute Gasteiger partial charge is 0.481 e. The van der Waals surface area contributed by atoms with Crippen LogP contribution in [0.15, 0.2) is 6.07 Å². The van der Waals surface area contributed by atoms with Gasteiger partial charge in [-0.1, -0.05) is 13.8 Å². The molecular formula is C13H19N3O3. The van der Waals surface area contributed by atoms with Crippen LogP contribution in [0.3, 0.4) is 0 Å². The Labute approximate surface area is 112 Å². The Balaban J connectivity index is 2.87. The van der Waals surface area contributed by atoms with Crippen LogP contribution in [-0.2, 0) is 4.79 Å². The first-order valence-corrected chi connectivity index (χ1v) is 6.14. The number of aromatic nitrogens is 2. The molecule has 0 aliphatic rings. The van der Waals surface area contributed by atoms with E-state index in [-0.39, 0.29) is 18.2 Å². The van der Waals surface area contributed by atoms with Gasteiger partial charge in [-0.25, -0.2) is 0 Å². The van der Waals surface area contributed by atoms with Crippen LogP contribution >= 0.6 is 0 Å². The number of aryl methyl sites for hydroxylation is 2. The van der Waals surface area contributed by atoms with Gasteiger partial charge in [-0.3, -0.25) is 9.59 Å². The Morgan fingerprint density at radius 2 is 1.95 bits per heavy atom. The average molecular weight is 265 g/mol. The van der Waals surface area contributed by atoms with Gasteiger partial charge in [0.1, 0.15) is 0 Å². The molecule has 0 saturated heterocycles. The van der Waals surface area contributed by atoms with Gasteiger partial charge >= 0.3 is 5.97 Å². The molecule has 0 spiro atoms. The summed E-state index contributed by atoms with van der Waals surface area (Å²) in [5.41, 5.74) is 1.61. The number of aliphatic carboxylic acids is 1. The highest BCUT2D eigenvalue weighted by Gasteiger charge is 2.21. The number of hydrogen-bond acceptors (Lipinski definition) is 4. The van der Waals surface area contributed by atoms with Crippen molar-refractivity contribution in [3.05, 3.63) is 23.0 Å². The Kier molecular flexibility index (Phi) is 4.97. The van der Waals surface area contributed by atoms with Crippen LogP contribution in [0.1, 0.15) is 42.0 Å². The number of carboxylic acid groups (broad SMARTS) is 1. The number of carbonyl (C=O) groups is 2. The summed E-state index contributed by atoms with van der Waals surface area (Å²) in [6.45, 7) is 7.19. The van der Waals surface area contributed by atoms with E-state index in [0.717, 1.165) is 0 Å². The van der Waals surface area contributed by atoms with E-state index in [4.69, 9.17) is 5.11 Å². The van der Waals surface area contributed by atoms with Crippen LogP contribution in [0.4, 0.5) is 0 Å². The SMILES string of the molecule is Cc1cc(C(=O)NC(CC(=O)O)C(C)C)c(C)nn1. The maximum absolute atomic E-state index is 12.1. The molecule has 0 bridgehead atoms. The topological polar surface area (TPSA) is 92.2 Å². The molecule has 1 unspecified atom stereocenters. The molecule has 1 rings (SSSR count). The lowest BCUT2D eigenvalue weighted by Crippen LogP contribution is -2.40. The van der Waals surface area contributed by atoms with Gasteiger partial charge in [-0.05, 0) is 25.8 Å². The van der Waals surface area contributed by atoms with Crippen LogP contribution in [0, 0.1) is 19.8 Å². The lowest BCUT2D eigenvalue weighted by molar-refractivity contribution is -0.137. The van der Waals surface area contributed by atoms with Crippen LogP contribution < -0.4 is 5.32 Å². The fourth-order valence-corrected chi connectivity index (χ4v) is 1.67. The minimum Gasteiger partial charge on any atom is -0.481 e. The van der Waals surface area contributed by atoms with Gasteiger partial charge in [-0.2, -0.15) is 10.2 Å². The van der Waals surface area contributed by atoms with Crippen molar-refractivity contribution in [2.45, 2.75) is 40.2 Å². The van der Waals surface area contributed by atoms with Crippen molar-refractivity contribution in [2.24, 2.45) is 5.92 Å². The number of carboxylic acids is 1. The molecule has 0 fully saturated rings. The molecule has 1 amide bonds. The van der Waals surface area contributed by atoms with Crippen molar-refractivity contribution in [3.63, 3.8) is 0 Å². The Morgan fingerprint density at radius 3 is 2.47 bits per heavy atom. The molecule has 6 heteroatoms. The highest BCUT2D eigenvalue weighted by Crippen LogP contribution is 2.10. The monoisotopic (exact) mass is 265 g/mol. The van der Waals surface area contributed by atoms with Crippen LogP contribution in [0.25, 0.3) is 0 Å². The second kappa shape index (κ2) is 6.26. The van der Waals surface area contributed by atoms with E-state index in [1.165, 1.54) is 0 Å². The van der Waals surface area contributed by atoms with Gasteiger partial charge < -0.3 is 10.4 Å². The summed E-state index contributed by atoms with van der Waals surface area (Å²) in [7, 11) is 0. The fraction of sp³-hybridized carbons (Fsp3) is 0.538. The van der Waals surface area contributed by atoms with Crippen molar-refractivity contribution >= 4 is 11.9 Å². The van der Waals surface area contributed by atoms with Crippen LogP contribution in [0.5, 0.6) is 0 Å². The molecule has 0 radical (unpaired) electrons. The summed E-state index contributed by atoms with van der Waals surface area (Å²) in [6, 6.07) is 1.24. The number of rotatable bonds is 5. The second-order valence-electron chi connectivity index (χ2n) is 4.91. The third-order valence-electron chi connectivity index (χ3n) is 2.86. The van der Waals surface area contributed by atoms with Gasteiger partial charge in [0.15, 0.2) is 0 Å². The number of nitrogens with zero attached hydrogens (tertiary/aromatic N) is 2. The van der Waals surface area contributed by atoms with Crippen molar-refractivity contribution in [1.82, 2.24) is 15.5 Å². The first-order valence-electron chi connectivity index (χ1n) is 6.14. The molecule has 1 aromatic heterocycles. The van der Waals surface area contributed by atoms with E-state index >= 15 is 0 Å². The van der Waals surface area contributed by atoms with Gasteiger partial charge in [0.2, 0.25) is 0 Å². The molecule has 2 N–H and O–H groups in total. The third kappa shape index (κ3) is 4.31. The highest BCUT2D eigenvalue weighted by molar-refractivity contribution is 5.95. The maximum atomic E-state index is 12.1. The van der Waals surface area contributed by atoms with E-state index in [0.29, 0.717) is 17.0 Å². The second-order valence-corrected chi connectivity index (χ2v) is 4.91. The molecule has 0 aliphatic heterocycles. The summed E-state index contributed by atoms with van der Waals surface area (Å²) in [5.74, 6) is -1.20. The molecule has 0 aliphatic carbocycles. The number of hydrogen-bond donors (Lipinski definition) is 2. The van der Waals surface area contributed by atoms with Gasteiger partial charge in [0.25, 0.3) is 5.91 Å². The molecule has 1 aromatic rings. The summed E-state index contributed by atoms with van der Waals surface area (Å²) in [5, 5.41) is 19.3. The van der Waals surface area contributed by atoms with Crippen LogP contribution in [-0.4, -0.2) is 33.2 Å². The van der Waals surface area contributed by atoms with Gasteiger partial charge in [-0.15, -0.1) is 0 Å². The fourth-order valence-electron chi connectivity index (χ4n) is 1.67. The first kappa shape index (κ1) is 15.1. The quantitative estimate of drug-likeness (QED) is 0.837.